The molecule has 0 aromatic rings. The van der Waals surface area contributed by atoms with Crippen molar-refractivity contribution in [1.29, 1.82) is 0 Å². The van der Waals surface area contributed by atoms with Gasteiger partial charge in [0.05, 0.1) is 12.2 Å². The summed E-state index contributed by atoms with van der Waals surface area (Å²) in [6.45, 7) is 19.0. The smallest absolute Gasteiger partial charge is 0.316 e. The number of allylic oxidation sites excluding steroid dienone is 1. The van der Waals surface area contributed by atoms with Gasteiger partial charge in [-0.25, -0.2) is 0 Å². The fourth-order valence-corrected chi connectivity index (χ4v) is 5.83. The predicted octanol–water partition coefficient (Wildman–Crippen LogP) is 4.88. The summed E-state index contributed by atoms with van der Waals surface area (Å²) in [5, 5.41) is 10.6. The fraction of sp³-hybridized carbons (Fsp3) is 0.828. The maximum absolute atomic E-state index is 13.6. The van der Waals surface area contributed by atoms with Crippen molar-refractivity contribution in [2.75, 3.05) is 0 Å². The Hall–Kier alpha value is -1.57. The molecule has 0 spiro atoms. The molecular formula is C29H48O7. The van der Waals surface area contributed by atoms with Crippen LogP contribution in [0.4, 0.5) is 0 Å². The maximum atomic E-state index is 13.6. The second-order valence-corrected chi connectivity index (χ2v) is 12.0. The Labute approximate surface area is 217 Å². The van der Waals surface area contributed by atoms with Crippen LogP contribution in [0, 0.1) is 35.0 Å². The quantitative estimate of drug-likeness (QED) is 0.428. The van der Waals surface area contributed by atoms with Crippen LogP contribution in [0.2, 0.25) is 0 Å². The molecule has 0 bridgehead atoms. The number of aliphatic hydroxyl groups is 1. The minimum Gasteiger partial charge on any atom is -0.459 e. The molecule has 1 unspecified atom stereocenters. The minimum absolute atomic E-state index is 0.0356. The first-order valence-corrected chi connectivity index (χ1v) is 13.6. The second kappa shape index (κ2) is 12.3. The van der Waals surface area contributed by atoms with E-state index in [1.807, 2.05) is 27.7 Å². The predicted molar refractivity (Wildman–Crippen MR) is 138 cm³/mol. The van der Waals surface area contributed by atoms with E-state index in [-0.39, 0.29) is 29.5 Å². The highest BCUT2D eigenvalue weighted by Crippen LogP contribution is 2.41. The molecule has 0 radical (unpaired) electrons. The van der Waals surface area contributed by atoms with Gasteiger partial charge in [-0.1, -0.05) is 48.5 Å². The highest BCUT2D eigenvalue weighted by Gasteiger charge is 2.45. The lowest BCUT2D eigenvalue weighted by molar-refractivity contribution is -0.267. The van der Waals surface area contributed by atoms with Crippen LogP contribution >= 0.6 is 0 Å². The lowest BCUT2D eigenvalue weighted by atomic mass is 9.71. The van der Waals surface area contributed by atoms with Gasteiger partial charge in [-0.3, -0.25) is 14.4 Å². The van der Waals surface area contributed by atoms with Crippen molar-refractivity contribution >= 4 is 17.5 Å². The Bertz CT molecular complexity index is 831. The zero-order valence-corrected chi connectivity index (χ0v) is 23.9. The second-order valence-electron chi connectivity index (χ2n) is 12.0. The van der Waals surface area contributed by atoms with Gasteiger partial charge < -0.3 is 19.3 Å². The number of carbonyl (C=O) groups excluding carboxylic acids is 3. The van der Waals surface area contributed by atoms with Crippen LogP contribution in [-0.4, -0.2) is 53.3 Å². The molecule has 206 valence electrons. The number of hydrogen-bond acceptors (Lipinski definition) is 7. The number of cyclic esters (lactones) is 1. The van der Waals surface area contributed by atoms with Crippen LogP contribution in [0.1, 0.15) is 88.5 Å². The molecule has 0 aliphatic carbocycles. The van der Waals surface area contributed by atoms with Crippen molar-refractivity contribution in [2.24, 2.45) is 35.0 Å². The Kier molecular flexibility index (Phi) is 10.5. The molecule has 36 heavy (non-hydrogen) atoms. The van der Waals surface area contributed by atoms with Crippen molar-refractivity contribution in [1.82, 2.24) is 0 Å². The van der Waals surface area contributed by atoms with Crippen LogP contribution < -0.4 is 0 Å². The van der Waals surface area contributed by atoms with Crippen molar-refractivity contribution in [3.63, 3.8) is 0 Å². The molecule has 7 nitrogen and oxygen atoms in total. The molecule has 0 amide bonds. The van der Waals surface area contributed by atoms with E-state index in [1.54, 1.807) is 27.7 Å². The molecular weight excluding hydrogens is 460 g/mol. The Morgan fingerprint density at radius 1 is 1.08 bits per heavy atom. The molecule has 1 saturated heterocycles. The molecule has 10 atom stereocenters. The summed E-state index contributed by atoms with van der Waals surface area (Å²) in [4.78, 5) is 39.7. The van der Waals surface area contributed by atoms with E-state index < -0.39 is 47.8 Å². The summed E-state index contributed by atoms with van der Waals surface area (Å²) in [5.74, 6) is -2.54. The minimum atomic E-state index is -1.13. The lowest BCUT2D eigenvalue weighted by Crippen LogP contribution is -2.50. The van der Waals surface area contributed by atoms with Gasteiger partial charge in [-0.2, -0.15) is 0 Å². The van der Waals surface area contributed by atoms with Gasteiger partial charge in [0.1, 0.15) is 18.1 Å². The topological polar surface area (TPSA) is 99.1 Å². The van der Waals surface area contributed by atoms with Gasteiger partial charge in [-0.15, -0.1) is 0 Å². The van der Waals surface area contributed by atoms with Gasteiger partial charge in [0, 0.05) is 17.8 Å². The number of hydrogen-bond donors (Lipinski definition) is 1. The third kappa shape index (κ3) is 7.05. The van der Waals surface area contributed by atoms with E-state index in [1.165, 1.54) is 6.08 Å². The molecule has 2 aliphatic heterocycles. The van der Waals surface area contributed by atoms with Crippen molar-refractivity contribution in [3.05, 3.63) is 11.6 Å². The summed E-state index contributed by atoms with van der Waals surface area (Å²) in [5.41, 5.74) is -0.158. The molecule has 0 saturated carbocycles. The zero-order valence-electron chi connectivity index (χ0n) is 23.9. The van der Waals surface area contributed by atoms with Crippen LogP contribution in [0.25, 0.3) is 0 Å². The molecule has 1 fully saturated rings. The van der Waals surface area contributed by atoms with E-state index in [2.05, 4.69) is 13.8 Å². The van der Waals surface area contributed by atoms with Gasteiger partial charge in [0.25, 0.3) is 0 Å². The summed E-state index contributed by atoms with van der Waals surface area (Å²) < 4.78 is 18.4. The molecule has 7 heteroatoms. The average molecular weight is 509 g/mol. The summed E-state index contributed by atoms with van der Waals surface area (Å²) in [7, 11) is 0. The Balaban J connectivity index is 2.51. The molecule has 2 heterocycles. The highest BCUT2D eigenvalue weighted by molar-refractivity contribution is 6.00. The number of ether oxygens (including phenoxy) is 3. The number of carbonyl (C=O) groups is 3. The Morgan fingerprint density at radius 3 is 2.28 bits per heavy atom. The normalized spacial score (nSPS) is 42.8. The number of esters is 1. The van der Waals surface area contributed by atoms with Gasteiger partial charge in [0.2, 0.25) is 0 Å². The average Bonchev–Trinajstić information content (AvgIpc) is 2.80. The van der Waals surface area contributed by atoms with E-state index in [0.29, 0.717) is 24.3 Å². The van der Waals surface area contributed by atoms with Crippen molar-refractivity contribution in [2.45, 2.75) is 119 Å². The van der Waals surface area contributed by atoms with E-state index >= 15 is 0 Å². The number of rotatable bonds is 3. The first-order chi connectivity index (χ1) is 16.6. The summed E-state index contributed by atoms with van der Waals surface area (Å²) >= 11 is 0. The fourth-order valence-electron chi connectivity index (χ4n) is 5.83. The monoisotopic (exact) mass is 508 g/mol. The van der Waals surface area contributed by atoms with Crippen LogP contribution in [0.15, 0.2) is 11.6 Å². The largest absolute Gasteiger partial charge is 0.459 e. The summed E-state index contributed by atoms with van der Waals surface area (Å²) in [6, 6.07) is 0. The van der Waals surface area contributed by atoms with E-state index in [4.69, 9.17) is 14.2 Å². The maximum Gasteiger partial charge on any atom is 0.316 e. The SMILES string of the molecule is CC[C@H]1OC(=O)[C@H](C)C(=O)[C@H](C)[C@@H](OC2O[C@H](C)C[C@H](C)[C@H]2C)C(C)(C)C[C@@H](C)C(=O)/C(C)=C/[C@@H]1O. The van der Waals surface area contributed by atoms with Crippen LogP contribution in [-0.2, 0) is 28.6 Å². The van der Waals surface area contributed by atoms with Gasteiger partial charge >= 0.3 is 5.97 Å². The first-order valence-electron chi connectivity index (χ1n) is 13.6. The number of aliphatic hydroxyl groups excluding tert-OH is 1. The lowest BCUT2D eigenvalue weighted by Gasteiger charge is -2.45. The van der Waals surface area contributed by atoms with Crippen LogP contribution in [0.5, 0.6) is 0 Å². The number of Topliss-reactive ketones (excluding diaryl/α,β-unsaturated/α-hetero) is 2. The highest BCUT2D eigenvalue weighted by atomic mass is 16.7. The molecule has 0 aromatic heterocycles. The molecule has 2 aliphatic rings. The number of ketones is 2. The van der Waals surface area contributed by atoms with Crippen molar-refractivity contribution < 1.29 is 33.7 Å². The standard InChI is InChI=1S/C29H48O7/c1-11-23-22(30)13-16(3)24(31)17(4)14-29(9,10)26(20(7)25(32)21(8)27(33)35-23)36-28-19(6)15(2)12-18(5)34-28/h13,15,17-23,26,28,30H,11-12,14H2,1-10H3/b16-13+/t15-,17+,18+,19+,20-,21+,22-,23+,26+,28?/m0/s1. The van der Waals surface area contributed by atoms with E-state index in [0.717, 1.165) is 6.42 Å². The van der Waals surface area contributed by atoms with Gasteiger partial charge in [0.15, 0.2) is 17.9 Å². The van der Waals surface area contributed by atoms with Crippen LogP contribution in [0.3, 0.4) is 0 Å². The van der Waals surface area contributed by atoms with Crippen molar-refractivity contribution in [3.8, 4) is 0 Å². The third-order valence-corrected chi connectivity index (χ3v) is 8.27. The van der Waals surface area contributed by atoms with Gasteiger partial charge in [-0.05, 0) is 63.0 Å². The molecule has 2 rings (SSSR count). The Morgan fingerprint density at radius 2 is 1.69 bits per heavy atom. The third-order valence-electron chi connectivity index (χ3n) is 8.27. The van der Waals surface area contributed by atoms with E-state index in [9.17, 15) is 19.5 Å². The first kappa shape index (κ1) is 30.7. The molecule has 1 N–H and O–H groups in total. The zero-order chi connectivity index (χ0) is 27.5. The summed E-state index contributed by atoms with van der Waals surface area (Å²) in [6.07, 6.45) is 0.213. The molecule has 0 aromatic carbocycles.